The van der Waals surface area contributed by atoms with Crippen LogP contribution in [0.1, 0.15) is 11.3 Å². The molecular weight excluding hydrogens is 221 g/mol. The van der Waals surface area contributed by atoms with Crippen LogP contribution >= 0.6 is 0 Å². The number of para-hydroxylation sites is 1. The molecule has 0 aliphatic carbocycles. The second-order valence-electron chi connectivity index (χ2n) is 3.66. The number of aromatic nitrogens is 2. The molecule has 2 aromatic rings. The van der Waals surface area contributed by atoms with Crippen LogP contribution in [0.5, 0.6) is 0 Å². The monoisotopic (exact) mass is 233 g/mol. The van der Waals surface area contributed by atoms with Crippen LogP contribution in [0.3, 0.4) is 0 Å². The molecule has 0 spiro atoms. The van der Waals surface area contributed by atoms with Gasteiger partial charge in [0.25, 0.3) is 5.56 Å². The fourth-order valence-electron chi connectivity index (χ4n) is 1.58. The van der Waals surface area contributed by atoms with Crippen molar-refractivity contribution in [1.29, 1.82) is 0 Å². The van der Waals surface area contributed by atoms with E-state index in [-0.39, 0.29) is 17.8 Å². The Kier molecular flexibility index (Phi) is 3.01. The van der Waals surface area contributed by atoms with Crippen molar-refractivity contribution in [2.45, 2.75) is 13.5 Å². The minimum atomic E-state index is -0.484. The first-order valence-electron chi connectivity index (χ1n) is 5.18. The van der Waals surface area contributed by atoms with E-state index < -0.39 is 5.82 Å². The number of nitrogens with two attached hydrogens (primary N) is 1. The second kappa shape index (κ2) is 4.47. The largest absolute Gasteiger partial charge is 0.326 e. The van der Waals surface area contributed by atoms with Crippen LogP contribution < -0.4 is 11.3 Å². The summed E-state index contributed by atoms with van der Waals surface area (Å²) in [7, 11) is 0. The number of hydrogen-bond acceptors (Lipinski definition) is 3. The molecule has 0 saturated heterocycles. The summed E-state index contributed by atoms with van der Waals surface area (Å²) >= 11 is 0. The Hall–Kier alpha value is -2.01. The van der Waals surface area contributed by atoms with E-state index in [1.807, 2.05) is 0 Å². The van der Waals surface area contributed by atoms with E-state index in [9.17, 15) is 9.18 Å². The van der Waals surface area contributed by atoms with Crippen molar-refractivity contribution < 1.29 is 4.39 Å². The lowest BCUT2D eigenvalue weighted by atomic mass is 10.2. The van der Waals surface area contributed by atoms with Crippen LogP contribution in [0.2, 0.25) is 0 Å². The van der Waals surface area contributed by atoms with E-state index in [2.05, 4.69) is 5.10 Å². The van der Waals surface area contributed by atoms with Crippen molar-refractivity contribution in [3.8, 4) is 5.69 Å². The Morgan fingerprint density at radius 1 is 1.41 bits per heavy atom. The van der Waals surface area contributed by atoms with Gasteiger partial charge in [-0.1, -0.05) is 12.1 Å². The third-order valence-corrected chi connectivity index (χ3v) is 2.52. The van der Waals surface area contributed by atoms with Gasteiger partial charge in [-0.05, 0) is 24.6 Å². The zero-order valence-electron chi connectivity index (χ0n) is 9.35. The Labute approximate surface area is 97.5 Å². The molecule has 0 unspecified atom stereocenters. The van der Waals surface area contributed by atoms with Gasteiger partial charge in [0.05, 0.1) is 5.69 Å². The zero-order valence-corrected chi connectivity index (χ0v) is 9.35. The lowest BCUT2D eigenvalue weighted by Crippen LogP contribution is -2.24. The normalized spacial score (nSPS) is 10.5. The molecule has 0 fully saturated rings. The third kappa shape index (κ3) is 2.09. The average molecular weight is 233 g/mol. The van der Waals surface area contributed by atoms with Gasteiger partial charge in [0.1, 0.15) is 11.5 Å². The standard InChI is InChI=1S/C12H12FN3O/c1-8-9(7-14)6-12(17)16(15-8)11-5-3-2-4-10(11)13/h2-6H,7,14H2,1H3. The number of halogens is 1. The van der Waals surface area contributed by atoms with Crippen molar-refractivity contribution in [2.24, 2.45) is 5.73 Å². The fourth-order valence-corrected chi connectivity index (χ4v) is 1.58. The van der Waals surface area contributed by atoms with Crippen LogP contribution in [0.15, 0.2) is 35.1 Å². The van der Waals surface area contributed by atoms with Crippen molar-refractivity contribution in [3.05, 3.63) is 57.8 Å². The number of aryl methyl sites for hydroxylation is 1. The molecule has 5 heteroatoms. The van der Waals surface area contributed by atoms with Gasteiger partial charge >= 0.3 is 0 Å². The zero-order chi connectivity index (χ0) is 12.4. The minimum Gasteiger partial charge on any atom is -0.326 e. The summed E-state index contributed by atoms with van der Waals surface area (Å²) in [6.45, 7) is 1.98. The van der Waals surface area contributed by atoms with Gasteiger partial charge in [0.15, 0.2) is 0 Å². The van der Waals surface area contributed by atoms with Gasteiger partial charge in [0.2, 0.25) is 0 Å². The smallest absolute Gasteiger partial charge is 0.271 e. The predicted octanol–water partition coefficient (Wildman–Crippen LogP) is 1.14. The van der Waals surface area contributed by atoms with E-state index >= 15 is 0 Å². The SMILES string of the molecule is Cc1nn(-c2ccccc2F)c(=O)cc1CN. The molecule has 0 aliphatic rings. The van der Waals surface area contributed by atoms with Crippen molar-refractivity contribution >= 4 is 0 Å². The van der Waals surface area contributed by atoms with Crippen LogP contribution in [0.4, 0.5) is 4.39 Å². The molecule has 0 bridgehead atoms. The van der Waals surface area contributed by atoms with Gasteiger partial charge in [0, 0.05) is 12.6 Å². The van der Waals surface area contributed by atoms with Gasteiger partial charge in [-0.3, -0.25) is 4.79 Å². The summed E-state index contributed by atoms with van der Waals surface area (Å²) < 4.78 is 14.6. The summed E-state index contributed by atoms with van der Waals surface area (Å²) in [5.74, 6) is -0.484. The predicted molar refractivity (Wildman–Crippen MR) is 62.4 cm³/mol. The first-order chi connectivity index (χ1) is 8.13. The summed E-state index contributed by atoms with van der Waals surface area (Å²) in [5.41, 5.74) is 6.52. The first kappa shape index (κ1) is 11.5. The van der Waals surface area contributed by atoms with E-state index in [4.69, 9.17) is 5.73 Å². The molecule has 17 heavy (non-hydrogen) atoms. The van der Waals surface area contributed by atoms with Crippen LogP contribution in [0.25, 0.3) is 5.69 Å². The van der Waals surface area contributed by atoms with E-state index in [0.29, 0.717) is 11.3 Å². The Morgan fingerprint density at radius 2 is 2.12 bits per heavy atom. The fraction of sp³-hybridized carbons (Fsp3) is 0.167. The Bertz CT molecular complexity index is 607. The van der Waals surface area contributed by atoms with Gasteiger partial charge in [-0.15, -0.1) is 0 Å². The summed E-state index contributed by atoms with van der Waals surface area (Å²) in [6.07, 6.45) is 0. The molecule has 0 amide bonds. The molecule has 1 aromatic carbocycles. The summed E-state index contributed by atoms with van der Waals surface area (Å²) in [4.78, 5) is 11.8. The molecule has 2 N–H and O–H groups in total. The third-order valence-electron chi connectivity index (χ3n) is 2.52. The van der Waals surface area contributed by atoms with Crippen molar-refractivity contribution in [3.63, 3.8) is 0 Å². The lowest BCUT2D eigenvalue weighted by molar-refractivity contribution is 0.603. The first-order valence-corrected chi connectivity index (χ1v) is 5.18. The quantitative estimate of drug-likeness (QED) is 0.846. The molecule has 0 radical (unpaired) electrons. The van der Waals surface area contributed by atoms with Crippen molar-refractivity contribution in [2.75, 3.05) is 0 Å². The summed E-state index contributed by atoms with van der Waals surface area (Å²) in [6, 6.07) is 7.39. The maximum atomic E-state index is 13.5. The van der Waals surface area contributed by atoms with Crippen molar-refractivity contribution in [1.82, 2.24) is 9.78 Å². The Balaban J connectivity index is 2.66. The van der Waals surface area contributed by atoms with Crippen LogP contribution in [-0.2, 0) is 6.54 Å². The highest BCUT2D eigenvalue weighted by atomic mass is 19.1. The van der Waals surface area contributed by atoms with Gasteiger partial charge in [-0.25, -0.2) is 4.39 Å². The highest BCUT2D eigenvalue weighted by Gasteiger charge is 2.09. The second-order valence-corrected chi connectivity index (χ2v) is 3.66. The molecule has 2 rings (SSSR count). The number of benzene rings is 1. The number of rotatable bonds is 2. The molecule has 1 aromatic heterocycles. The molecule has 1 heterocycles. The number of hydrogen-bond donors (Lipinski definition) is 1. The van der Waals surface area contributed by atoms with E-state index in [1.165, 1.54) is 18.2 Å². The minimum absolute atomic E-state index is 0.143. The van der Waals surface area contributed by atoms with E-state index in [1.54, 1.807) is 19.1 Å². The maximum absolute atomic E-state index is 13.5. The highest BCUT2D eigenvalue weighted by molar-refractivity contribution is 5.33. The van der Waals surface area contributed by atoms with Gasteiger partial charge in [-0.2, -0.15) is 9.78 Å². The molecular formula is C12H12FN3O. The molecule has 0 atom stereocenters. The van der Waals surface area contributed by atoms with Crippen LogP contribution in [0, 0.1) is 12.7 Å². The molecule has 4 nitrogen and oxygen atoms in total. The summed E-state index contributed by atoms with van der Waals surface area (Å²) in [5, 5.41) is 4.06. The van der Waals surface area contributed by atoms with Crippen LogP contribution in [-0.4, -0.2) is 9.78 Å². The highest BCUT2D eigenvalue weighted by Crippen LogP contribution is 2.10. The Morgan fingerprint density at radius 3 is 2.76 bits per heavy atom. The van der Waals surface area contributed by atoms with Gasteiger partial charge < -0.3 is 5.73 Å². The lowest BCUT2D eigenvalue weighted by Gasteiger charge is -2.08. The van der Waals surface area contributed by atoms with E-state index in [0.717, 1.165) is 4.68 Å². The molecule has 0 saturated carbocycles. The maximum Gasteiger partial charge on any atom is 0.271 e. The number of nitrogens with zero attached hydrogens (tertiary/aromatic N) is 2. The molecule has 88 valence electrons. The average Bonchev–Trinajstić information content (AvgIpc) is 2.32. The molecule has 0 aliphatic heterocycles. The topological polar surface area (TPSA) is 60.9 Å².